The zero-order valence-electron chi connectivity index (χ0n) is 9.57. The molecule has 0 amide bonds. The lowest BCUT2D eigenvalue weighted by atomic mass is 10.1. The van der Waals surface area contributed by atoms with Gasteiger partial charge in [0.25, 0.3) is 0 Å². The van der Waals surface area contributed by atoms with Crippen LogP contribution in [0.2, 0.25) is 0 Å². The number of aromatic amines is 1. The maximum Gasteiger partial charge on any atom is 0.387 e. The van der Waals surface area contributed by atoms with Gasteiger partial charge in [-0.3, -0.25) is 0 Å². The summed E-state index contributed by atoms with van der Waals surface area (Å²) < 4.78 is 28.5. The van der Waals surface area contributed by atoms with Gasteiger partial charge in [-0.2, -0.15) is 8.78 Å². The monoisotopic (exact) mass is 253 g/mol. The van der Waals surface area contributed by atoms with Crippen LogP contribution in [0.15, 0.2) is 30.5 Å². The molecule has 3 N–H and O–H groups in total. The first-order valence-corrected chi connectivity index (χ1v) is 5.48. The van der Waals surface area contributed by atoms with Crippen LogP contribution in [0.5, 0.6) is 5.75 Å². The van der Waals surface area contributed by atoms with Crippen LogP contribution in [0, 0.1) is 0 Å². The number of nitrogens with zero attached hydrogens (tertiary/aromatic N) is 1. The van der Waals surface area contributed by atoms with Gasteiger partial charge < -0.3 is 15.5 Å². The largest absolute Gasteiger partial charge is 0.435 e. The standard InChI is InChI=1S/C12H13F2N3O/c13-12(14)18-9-3-1-2-8(6-9)10-7-16-11(17-10)4-5-15/h1-3,6-7,12H,4-5,15H2,(H,16,17). The quantitative estimate of drug-likeness (QED) is 0.858. The molecule has 0 aliphatic rings. The lowest BCUT2D eigenvalue weighted by Crippen LogP contribution is -2.03. The van der Waals surface area contributed by atoms with Gasteiger partial charge in [-0.25, -0.2) is 4.98 Å². The second-order valence-electron chi connectivity index (χ2n) is 3.69. The van der Waals surface area contributed by atoms with Crippen LogP contribution in [0.4, 0.5) is 8.78 Å². The third-order valence-corrected chi connectivity index (χ3v) is 2.38. The molecule has 0 spiro atoms. The Labute approximate surface area is 103 Å². The Bertz CT molecular complexity index is 514. The van der Waals surface area contributed by atoms with Gasteiger partial charge in [0.05, 0.1) is 11.9 Å². The first-order chi connectivity index (χ1) is 8.69. The molecule has 96 valence electrons. The lowest BCUT2D eigenvalue weighted by Gasteiger charge is -2.05. The zero-order valence-corrected chi connectivity index (χ0v) is 9.57. The summed E-state index contributed by atoms with van der Waals surface area (Å²) in [5.74, 6) is 0.894. The molecule has 1 aromatic heterocycles. The van der Waals surface area contributed by atoms with Crippen molar-refractivity contribution in [3.8, 4) is 17.0 Å². The average Bonchev–Trinajstić information content (AvgIpc) is 2.78. The van der Waals surface area contributed by atoms with Crippen molar-refractivity contribution in [3.63, 3.8) is 0 Å². The molecule has 0 aliphatic carbocycles. The van der Waals surface area contributed by atoms with E-state index in [4.69, 9.17) is 5.73 Å². The second-order valence-corrected chi connectivity index (χ2v) is 3.69. The molecule has 0 fully saturated rings. The Morgan fingerprint density at radius 1 is 1.39 bits per heavy atom. The summed E-state index contributed by atoms with van der Waals surface area (Å²) in [7, 11) is 0. The van der Waals surface area contributed by atoms with E-state index >= 15 is 0 Å². The van der Waals surface area contributed by atoms with E-state index in [1.165, 1.54) is 12.1 Å². The summed E-state index contributed by atoms with van der Waals surface area (Å²) in [6.07, 6.45) is 2.29. The summed E-state index contributed by atoms with van der Waals surface area (Å²) in [5.41, 5.74) is 6.91. The van der Waals surface area contributed by atoms with Gasteiger partial charge >= 0.3 is 6.61 Å². The van der Waals surface area contributed by atoms with Crippen LogP contribution in [-0.2, 0) is 6.42 Å². The molecule has 2 rings (SSSR count). The van der Waals surface area contributed by atoms with E-state index in [0.717, 1.165) is 17.1 Å². The zero-order chi connectivity index (χ0) is 13.0. The van der Waals surface area contributed by atoms with Crippen molar-refractivity contribution in [1.29, 1.82) is 0 Å². The van der Waals surface area contributed by atoms with Gasteiger partial charge in [-0.1, -0.05) is 12.1 Å². The molecule has 0 atom stereocenters. The minimum atomic E-state index is -2.82. The van der Waals surface area contributed by atoms with E-state index in [-0.39, 0.29) is 5.75 Å². The van der Waals surface area contributed by atoms with Crippen molar-refractivity contribution in [1.82, 2.24) is 9.97 Å². The number of nitrogens with one attached hydrogen (secondary N) is 1. The predicted octanol–water partition coefficient (Wildman–Crippen LogP) is 2.18. The molecule has 1 aromatic carbocycles. The Kier molecular flexibility index (Phi) is 3.88. The van der Waals surface area contributed by atoms with E-state index in [1.807, 2.05) is 0 Å². The highest BCUT2D eigenvalue weighted by Crippen LogP contribution is 2.23. The summed E-state index contributed by atoms with van der Waals surface area (Å²) in [6, 6.07) is 6.45. The van der Waals surface area contributed by atoms with Crippen LogP contribution in [0.25, 0.3) is 11.3 Å². The highest BCUT2D eigenvalue weighted by Gasteiger charge is 2.07. The van der Waals surface area contributed by atoms with Crippen molar-refractivity contribution >= 4 is 0 Å². The summed E-state index contributed by atoms with van der Waals surface area (Å²) in [5, 5.41) is 0. The number of nitrogens with two attached hydrogens (primary N) is 1. The third kappa shape index (κ3) is 3.04. The maximum absolute atomic E-state index is 12.1. The van der Waals surface area contributed by atoms with E-state index in [9.17, 15) is 8.78 Å². The van der Waals surface area contributed by atoms with Gasteiger partial charge in [0.2, 0.25) is 0 Å². The van der Waals surface area contributed by atoms with Crippen molar-refractivity contribution in [2.75, 3.05) is 6.54 Å². The molecule has 0 aliphatic heterocycles. The minimum Gasteiger partial charge on any atom is -0.435 e. The van der Waals surface area contributed by atoms with Crippen LogP contribution in [0.3, 0.4) is 0 Å². The van der Waals surface area contributed by atoms with Gasteiger partial charge in [0.15, 0.2) is 0 Å². The van der Waals surface area contributed by atoms with Gasteiger partial charge in [0, 0.05) is 12.0 Å². The van der Waals surface area contributed by atoms with E-state index < -0.39 is 6.61 Å². The van der Waals surface area contributed by atoms with Crippen LogP contribution in [0.1, 0.15) is 5.82 Å². The smallest absolute Gasteiger partial charge is 0.387 e. The predicted molar refractivity (Wildman–Crippen MR) is 63.4 cm³/mol. The molecule has 0 unspecified atom stereocenters. The maximum atomic E-state index is 12.1. The van der Waals surface area contributed by atoms with Crippen LogP contribution < -0.4 is 10.5 Å². The molecule has 0 radical (unpaired) electrons. The molecular formula is C12H13F2N3O. The number of H-pyrrole nitrogens is 1. The topological polar surface area (TPSA) is 63.9 Å². The minimum absolute atomic E-state index is 0.123. The molecular weight excluding hydrogens is 240 g/mol. The molecule has 0 saturated heterocycles. The SMILES string of the molecule is NCCc1ncc(-c2cccc(OC(F)F)c2)[nH]1. The number of rotatable bonds is 5. The Balaban J connectivity index is 2.21. The van der Waals surface area contributed by atoms with Crippen molar-refractivity contribution in [2.45, 2.75) is 13.0 Å². The first-order valence-electron chi connectivity index (χ1n) is 5.48. The van der Waals surface area contributed by atoms with Crippen molar-refractivity contribution < 1.29 is 13.5 Å². The van der Waals surface area contributed by atoms with Crippen molar-refractivity contribution in [3.05, 3.63) is 36.3 Å². The molecule has 18 heavy (non-hydrogen) atoms. The highest BCUT2D eigenvalue weighted by molar-refractivity contribution is 5.60. The number of aromatic nitrogens is 2. The Hall–Kier alpha value is -1.95. The third-order valence-electron chi connectivity index (χ3n) is 2.38. The highest BCUT2D eigenvalue weighted by atomic mass is 19.3. The molecule has 0 saturated carbocycles. The number of hydrogen-bond acceptors (Lipinski definition) is 3. The molecule has 1 heterocycles. The number of imidazole rings is 1. The van der Waals surface area contributed by atoms with E-state index in [1.54, 1.807) is 18.3 Å². The summed E-state index contributed by atoms with van der Waals surface area (Å²) in [4.78, 5) is 7.23. The molecule has 4 nitrogen and oxygen atoms in total. The average molecular weight is 253 g/mol. The Morgan fingerprint density at radius 2 is 2.22 bits per heavy atom. The second kappa shape index (κ2) is 5.59. The van der Waals surface area contributed by atoms with Crippen LogP contribution >= 0.6 is 0 Å². The van der Waals surface area contributed by atoms with E-state index in [2.05, 4.69) is 14.7 Å². The fourth-order valence-corrected chi connectivity index (χ4v) is 1.61. The first kappa shape index (κ1) is 12.5. The molecule has 2 aromatic rings. The lowest BCUT2D eigenvalue weighted by molar-refractivity contribution is -0.0498. The fraction of sp³-hybridized carbons (Fsp3) is 0.250. The number of ether oxygens (including phenoxy) is 1. The van der Waals surface area contributed by atoms with Gasteiger partial charge in [0.1, 0.15) is 11.6 Å². The number of hydrogen-bond donors (Lipinski definition) is 2. The normalized spacial score (nSPS) is 10.9. The summed E-state index contributed by atoms with van der Waals surface area (Å²) >= 11 is 0. The summed E-state index contributed by atoms with van der Waals surface area (Å²) in [6.45, 7) is -2.32. The van der Waals surface area contributed by atoms with Crippen molar-refractivity contribution in [2.24, 2.45) is 5.73 Å². The Morgan fingerprint density at radius 3 is 2.94 bits per heavy atom. The number of halogens is 2. The van der Waals surface area contributed by atoms with Gasteiger partial charge in [-0.05, 0) is 18.7 Å². The van der Waals surface area contributed by atoms with Crippen LogP contribution in [-0.4, -0.2) is 23.1 Å². The molecule has 6 heteroatoms. The number of benzene rings is 1. The fourth-order valence-electron chi connectivity index (χ4n) is 1.61. The number of alkyl halides is 2. The van der Waals surface area contributed by atoms with Gasteiger partial charge in [-0.15, -0.1) is 0 Å². The molecule has 0 bridgehead atoms. The van der Waals surface area contributed by atoms with E-state index in [0.29, 0.717) is 13.0 Å².